The van der Waals surface area contributed by atoms with Gasteiger partial charge >= 0.3 is 0 Å². The maximum Gasteiger partial charge on any atom is 0.149 e. The summed E-state index contributed by atoms with van der Waals surface area (Å²) in [4.78, 5) is 9.97. The van der Waals surface area contributed by atoms with Crippen molar-refractivity contribution < 1.29 is 9.47 Å². The highest BCUT2D eigenvalue weighted by Crippen LogP contribution is 2.51. The van der Waals surface area contributed by atoms with Gasteiger partial charge in [0.15, 0.2) is 0 Å². The largest absolute Gasteiger partial charge is 0.457 e. The van der Waals surface area contributed by atoms with Crippen LogP contribution in [0, 0.1) is 0 Å². The molecule has 6 nitrogen and oxygen atoms in total. The van der Waals surface area contributed by atoms with E-state index in [-0.39, 0.29) is 5.41 Å². The van der Waals surface area contributed by atoms with Crippen LogP contribution in [0.4, 0.5) is 0 Å². The van der Waals surface area contributed by atoms with Crippen LogP contribution in [0.3, 0.4) is 0 Å². The van der Waals surface area contributed by atoms with Crippen molar-refractivity contribution in [2.75, 3.05) is 0 Å². The molecule has 0 radical (unpaired) electrons. The second kappa shape index (κ2) is 9.81. The van der Waals surface area contributed by atoms with Crippen LogP contribution in [-0.4, -0.2) is 19.1 Å². The van der Waals surface area contributed by atoms with Gasteiger partial charge in [0.05, 0.1) is 27.6 Å². The maximum atomic E-state index is 6.68. The number of hydrogen-bond donors (Lipinski definition) is 0. The average molecular weight is 599 g/mol. The highest BCUT2D eigenvalue weighted by atomic mass is 16.5. The molecule has 8 aromatic rings. The molecule has 6 heteroatoms. The average Bonchev–Trinajstić information content (AvgIpc) is 3.60. The van der Waals surface area contributed by atoms with E-state index in [4.69, 9.17) is 19.4 Å². The van der Waals surface area contributed by atoms with Gasteiger partial charge in [0.2, 0.25) is 0 Å². The van der Waals surface area contributed by atoms with Crippen LogP contribution >= 0.6 is 0 Å². The normalized spacial score (nSPS) is 13.5. The number of benzene rings is 5. The molecule has 0 bridgehead atoms. The summed E-state index contributed by atoms with van der Waals surface area (Å²) in [6.07, 6.45) is 1.98. The van der Waals surface area contributed by atoms with Gasteiger partial charge in [-0.1, -0.05) is 80.6 Å². The van der Waals surface area contributed by atoms with Gasteiger partial charge in [-0.05, 0) is 48.5 Å². The number of aryl methyl sites for hydroxylation is 1. The Bertz CT molecular complexity index is 2490. The molecular weight excluding hydrogens is 568 g/mol. The first-order chi connectivity index (χ1) is 22.5. The fourth-order valence-electron chi connectivity index (χ4n) is 6.96. The van der Waals surface area contributed by atoms with Gasteiger partial charge < -0.3 is 14.0 Å². The molecule has 0 aliphatic carbocycles. The van der Waals surface area contributed by atoms with Crippen LogP contribution in [0.1, 0.15) is 25.0 Å². The quantitative estimate of drug-likeness (QED) is 0.202. The van der Waals surface area contributed by atoms with Crippen molar-refractivity contribution in [2.45, 2.75) is 19.3 Å². The Labute approximate surface area is 266 Å². The summed E-state index contributed by atoms with van der Waals surface area (Å²) in [7, 11) is 2.04. The van der Waals surface area contributed by atoms with Gasteiger partial charge in [0.1, 0.15) is 34.5 Å². The SMILES string of the molecule is Cn1c(-c2cccc(Oc3cccc(-n4c5ccccc5c5c6c(cnc54)C(C)(C)c4ccccc4O6)c3)c2)nc2ccccc21. The number of nitrogens with zero attached hydrogens (tertiary/aromatic N) is 4. The molecule has 5 aromatic carbocycles. The topological polar surface area (TPSA) is 54.1 Å². The Morgan fingerprint density at radius 2 is 1.46 bits per heavy atom. The molecular formula is C40H30N4O2. The summed E-state index contributed by atoms with van der Waals surface area (Å²) in [5, 5.41) is 2.11. The first-order valence-corrected chi connectivity index (χ1v) is 15.5. The summed E-state index contributed by atoms with van der Waals surface area (Å²) in [5.41, 5.74) is 7.91. The maximum absolute atomic E-state index is 6.68. The number of imidazole rings is 1. The Morgan fingerprint density at radius 3 is 2.33 bits per heavy atom. The lowest BCUT2D eigenvalue weighted by Crippen LogP contribution is -2.24. The number of aromatic nitrogens is 4. The van der Waals surface area contributed by atoms with E-state index in [2.05, 4.69) is 89.7 Å². The molecule has 1 aliphatic rings. The molecule has 3 aromatic heterocycles. The van der Waals surface area contributed by atoms with Gasteiger partial charge in [0.25, 0.3) is 0 Å². The molecule has 9 rings (SSSR count). The third-order valence-corrected chi connectivity index (χ3v) is 9.27. The van der Waals surface area contributed by atoms with Crippen molar-refractivity contribution in [1.29, 1.82) is 0 Å². The molecule has 0 saturated carbocycles. The molecule has 0 atom stereocenters. The highest BCUT2D eigenvalue weighted by molar-refractivity contribution is 6.11. The van der Waals surface area contributed by atoms with Crippen LogP contribution in [0.5, 0.6) is 23.0 Å². The predicted molar refractivity (Wildman–Crippen MR) is 183 cm³/mol. The minimum absolute atomic E-state index is 0.251. The van der Waals surface area contributed by atoms with E-state index in [0.29, 0.717) is 0 Å². The molecule has 4 heterocycles. The molecule has 0 N–H and O–H groups in total. The van der Waals surface area contributed by atoms with Crippen molar-refractivity contribution in [3.8, 4) is 40.1 Å². The number of para-hydroxylation sites is 4. The van der Waals surface area contributed by atoms with E-state index < -0.39 is 0 Å². The highest BCUT2D eigenvalue weighted by Gasteiger charge is 2.36. The predicted octanol–water partition coefficient (Wildman–Crippen LogP) is 9.96. The van der Waals surface area contributed by atoms with Crippen LogP contribution in [0.25, 0.3) is 50.0 Å². The summed E-state index contributed by atoms with van der Waals surface area (Å²) in [5.74, 6) is 4.13. The summed E-state index contributed by atoms with van der Waals surface area (Å²) < 4.78 is 17.5. The lowest BCUT2D eigenvalue weighted by molar-refractivity contribution is 0.422. The second-order valence-electron chi connectivity index (χ2n) is 12.4. The zero-order chi connectivity index (χ0) is 31.0. The van der Waals surface area contributed by atoms with Gasteiger partial charge in [-0.2, -0.15) is 0 Å². The monoisotopic (exact) mass is 598 g/mol. The van der Waals surface area contributed by atoms with Crippen LogP contribution in [0.2, 0.25) is 0 Å². The Kier molecular flexibility index (Phi) is 5.66. The summed E-state index contributed by atoms with van der Waals surface area (Å²) in [6, 6.07) is 41.2. The fourth-order valence-corrected chi connectivity index (χ4v) is 6.96. The number of hydrogen-bond acceptors (Lipinski definition) is 4. The standard InChI is InChI=1S/C40H30N4O2/c1-40(2)30-17-5-9-21-35(30)46-37-31(40)24-41-39-36(37)29-16-4-7-19-33(29)44(39)26-13-11-15-28(23-26)45-27-14-10-12-25(22-27)38-42-32-18-6-8-20-34(32)43(38)3/h4-24H,1-3H3. The molecule has 46 heavy (non-hydrogen) atoms. The molecule has 0 amide bonds. The third kappa shape index (κ3) is 3.90. The van der Waals surface area contributed by atoms with Crippen LogP contribution < -0.4 is 9.47 Å². The Balaban J connectivity index is 1.14. The van der Waals surface area contributed by atoms with Gasteiger partial charge in [-0.15, -0.1) is 0 Å². The minimum Gasteiger partial charge on any atom is -0.457 e. The Hall–Kier alpha value is -5.88. The zero-order valence-corrected chi connectivity index (χ0v) is 25.7. The van der Waals surface area contributed by atoms with E-state index in [1.165, 1.54) is 0 Å². The molecule has 0 unspecified atom stereocenters. The van der Waals surface area contributed by atoms with Crippen molar-refractivity contribution >= 4 is 33.0 Å². The molecule has 0 fully saturated rings. The Morgan fingerprint density at radius 1 is 0.717 bits per heavy atom. The first-order valence-electron chi connectivity index (χ1n) is 15.5. The molecule has 0 saturated heterocycles. The van der Waals surface area contributed by atoms with E-state index >= 15 is 0 Å². The lowest BCUT2D eigenvalue weighted by Gasteiger charge is -2.34. The molecule has 222 valence electrons. The van der Waals surface area contributed by atoms with Crippen LogP contribution in [0.15, 0.2) is 128 Å². The van der Waals surface area contributed by atoms with E-state index in [0.717, 1.165) is 84.2 Å². The lowest BCUT2D eigenvalue weighted by atomic mass is 9.76. The van der Waals surface area contributed by atoms with Gasteiger partial charge in [0, 0.05) is 46.8 Å². The minimum atomic E-state index is -0.251. The number of ether oxygens (including phenoxy) is 2. The number of pyridine rings is 1. The smallest absolute Gasteiger partial charge is 0.149 e. The zero-order valence-electron chi connectivity index (χ0n) is 25.7. The fraction of sp³-hybridized carbons (Fsp3) is 0.100. The van der Waals surface area contributed by atoms with Gasteiger partial charge in [-0.25, -0.2) is 9.97 Å². The van der Waals surface area contributed by atoms with E-state index in [1.807, 2.05) is 67.8 Å². The summed E-state index contributed by atoms with van der Waals surface area (Å²) in [6.45, 7) is 4.48. The van der Waals surface area contributed by atoms with Crippen molar-refractivity contribution in [3.63, 3.8) is 0 Å². The third-order valence-electron chi connectivity index (χ3n) is 9.27. The summed E-state index contributed by atoms with van der Waals surface area (Å²) >= 11 is 0. The second-order valence-corrected chi connectivity index (χ2v) is 12.4. The van der Waals surface area contributed by atoms with Crippen molar-refractivity contribution in [3.05, 3.63) is 139 Å². The van der Waals surface area contributed by atoms with E-state index in [1.54, 1.807) is 0 Å². The first kappa shape index (κ1) is 26.5. The van der Waals surface area contributed by atoms with Crippen molar-refractivity contribution in [1.82, 2.24) is 19.1 Å². The number of fused-ring (bicyclic) bond motifs is 7. The van der Waals surface area contributed by atoms with Crippen LogP contribution in [-0.2, 0) is 12.5 Å². The molecule has 1 aliphatic heterocycles. The van der Waals surface area contributed by atoms with E-state index in [9.17, 15) is 0 Å². The molecule has 0 spiro atoms. The van der Waals surface area contributed by atoms with Crippen molar-refractivity contribution in [2.24, 2.45) is 7.05 Å². The van der Waals surface area contributed by atoms with Gasteiger partial charge in [-0.3, -0.25) is 4.57 Å². The number of rotatable bonds is 4.